The Kier molecular flexibility index (Phi) is 6.29. The molecule has 0 saturated carbocycles. The lowest BCUT2D eigenvalue weighted by molar-refractivity contribution is 0.184. The Morgan fingerprint density at radius 1 is 1.38 bits per heavy atom. The van der Waals surface area contributed by atoms with Gasteiger partial charge in [0.25, 0.3) is 0 Å². The van der Waals surface area contributed by atoms with E-state index in [1.165, 1.54) is 0 Å². The van der Waals surface area contributed by atoms with Crippen LogP contribution in [0.25, 0.3) is 0 Å². The molecule has 1 heterocycles. The lowest BCUT2D eigenvalue weighted by Gasteiger charge is -2.09. The number of halogens is 1. The molecule has 0 unspecified atom stereocenters. The van der Waals surface area contributed by atoms with E-state index in [-0.39, 0.29) is 0 Å². The topological polar surface area (TPSA) is 79.5 Å². The van der Waals surface area contributed by atoms with Gasteiger partial charge in [0, 0.05) is 28.4 Å². The SMILES string of the molecule is COCc1cc(C)nc(N/N=C/c2cc(Br)ccc2OC)c1C#N. The fourth-order valence-electron chi connectivity index (χ4n) is 2.18. The molecule has 0 aliphatic rings. The van der Waals surface area contributed by atoms with E-state index in [9.17, 15) is 5.26 Å². The molecule has 1 aromatic heterocycles. The fourth-order valence-corrected chi connectivity index (χ4v) is 2.56. The summed E-state index contributed by atoms with van der Waals surface area (Å²) >= 11 is 3.41. The predicted molar refractivity (Wildman–Crippen MR) is 96.3 cm³/mol. The third-order valence-corrected chi connectivity index (χ3v) is 3.70. The van der Waals surface area contributed by atoms with Gasteiger partial charge >= 0.3 is 0 Å². The summed E-state index contributed by atoms with van der Waals surface area (Å²) in [5, 5.41) is 13.6. The maximum atomic E-state index is 9.39. The molecule has 0 amide bonds. The Balaban J connectivity index is 2.29. The van der Waals surface area contributed by atoms with Gasteiger partial charge in [-0.25, -0.2) is 4.98 Å². The number of nitriles is 1. The first kappa shape index (κ1) is 17.9. The van der Waals surface area contributed by atoms with Crippen molar-refractivity contribution < 1.29 is 9.47 Å². The molecule has 0 fully saturated rings. The number of anilines is 1. The lowest BCUT2D eigenvalue weighted by atomic mass is 10.1. The van der Waals surface area contributed by atoms with E-state index in [0.717, 1.165) is 21.3 Å². The fraction of sp³-hybridized carbons (Fsp3) is 0.235. The second-order valence-corrected chi connectivity index (χ2v) is 5.86. The minimum atomic E-state index is 0.337. The van der Waals surface area contributed by atoms with Crippen molar-refractivity contribution in [3.8, 4) is 11.8 Å². The highest BCUT2D eigenvalue weighted by atomic mass is 79.9. The number of ether oxygens (including phenoxy) is 2. The first-order valence-corrected chi connectivity index (χ1v) is 7.90. The zero-order valence-electron chi connectivity index (χ0n) is 13.6. The number of methoxy groups -OCH3 is 2. The van der Waals surface area contributed by atoms with E-state index < -0.39 is 0 Å². The molecule has 0 saturated heterocycles. The van der Waals surface area contributed by atoms with Gasteiger partial charge in [0.1, 0.15) is 17.4 Å². The molecule has 0 aliphatic carbocycles. The second-order valence-electron chi connectivity index (χ2n) is 4.95. The van der Waals surface area contributed by atoms with Crippen LogP contribution in [0.15, 0.2) is 33.8 Å². The Labute approximate surface area is 149 Å². The predicted octanol–water partition coefficient (Wildman–Crippen LogP) is 3.63. The molecular weight excluding hydrogens is 372 g/mol. The van der Waals surface area contributed by atoms with E-state index in [1.807, 2.05) is 31.2 Å². The monoisotopic (exact) mass is 388 g/mol. The van der Waals surface area contributed by atoms with Crippen LogP contribution in [0.5, 0.6) is 5.75 Å². The highest BCUT2D eigenvalue weighted by Gasteiger charge is 2.11. The molecule has 7 heteroatoms. The second kappa shape index (κ2) is 8.43. The molecular formula is C17H17BrN4O2. The van der Waals surface area contributed by atoms with Crippen molar-refractivity contribution in [3.63, 3.8) is 0 Å². The molecule has 6 nitrogen and oxygen atoms in total. The third kappa shape index (κ3) is 4.31. The smallest absolute Gasteiger partial charge is 0.164 e. The van der Waals surface area contributed by atoms with Crippen molar-refractivity contribution in [2.45, 2.75) is 13.5 Å². The van der Waals surface area contributed by atoms with Crippen LogP contribution >= 0.6 is 15.9 Å². The largest absolute Gasteiger partial charge is 0.496 e. The molecule has 0 bridgehead atoms. The summed E-state index contributed by atoms with van der Waals surface area (Å²) in [4.78, 5) is 4.33. The molecule has 0 radical (unpaired) electrons. The van der Waals surface area contributed by atoms with Crippen LogP contribution in [-0.4, -0.2) is 25.4 Å². The van der Waals surface area contributed by atoms with E-state index >= 15 is 0 Å². The maximum Gasteiger partial charge on any atom is 0.164 e. The standard InChI is InChI=1S/C17H17BrN4O2/c1-11-6-13(10-23-2)15(8-19)17(21-11)22-20-9-12-7-14(18)4-5-16(12)24-3/h4-7,9H,10H2,1-3H3,(H,21,22)/b20-9+. The van der Waals surface area contributed by atoms with Crippen LogP contribution in [0.3, 0.4) is 0 Å². The van der Waals surface area contributed by atoms with Gasteiger partial charge in [-0.3, -0.25) is 5.43 Å². The van der Waals surface area contributed by atoms with Crippen molar-refractivity contribution in [3.05, 3.63) is 51.1 Å². The molecule has 24 heavy (non-hydrogen) atoms. The van der Waals surface area contributed by atoms with Crippen LogP contribution in [0.4, 0.5) is 5.82 Å². The number of hydrogen-bond acceptors (Lipinski definition) is 6. The van der Waals surface area contributed by atoms with Gasteiger partial charge < -0.3 is 9.47 Å². The van der Waals surface area contributed by atoms with Crippen LogP contribution in [-0.2, 0) is 11.3 Å². The number of nitrogens with zero attached hydrogens (tertiary/aromatic N) is 3. The van der Waals surface area contributed by atoms with Crippen molar-refractivity contribution in [2.24, 2.45) is 5.10 Å². The van der Waals surface area contributed by atoms with Crippen LogP contribution < -0.4 is 10.2 Å². The zero-order valence-corrected chi connectivity index (χ0v) is 15.2. The Morgan fingerprint density at radius 2 is 2.17 bits per heavy atom. The Hall–Kier alpha value is -2.43. The highest BCUT2D eigenvalue weighted by Crippen LogP contribution is 2.22. The van der Waals surface area contributed by atoms with Crippen molar-refractivity contribution in [2.75, 3.05) is 19.6 Å². The van der Waals surface area contributed by atoms with Gasteiger partial charge in [0.15, 0.2) is 5.82 Å². The zero-order chi connectivity index (χ0) is 17.5. The summed E-state index contributed by atoms with van der Waals surface area (Å²) < 4.78 is 11.3. The first-order chi connectivity index (χ1) is 11.6. The van der Waals surface area contributed by atoms with Crippen LogP contribution in [0, 0.1) is 18.3 Å². The normalized spacial score (nSPS) is 10.6. The molecule has 0 atom stereocenters. The van der Waals surface area contributed by atoms with Crippen LogP contribution in [0.1, 0.15) is 22.4 Å². The van der Waals surface area contributed by atoms with E-state index in [0.29, 0.717) is 23.7 Å². The minimum Gasteiger partial charge on any atom is -0.496 e. The van der Waals surface area contributed by atoms with E-state index in [1.54, 1.807) is 20.4 Å². The minimum absolute atomic E-state index is 0.337. The van der Waals surface area contributed by atoms with E-state index in [4.69, 9.17) is 9.47 Å². The Bertz CT molecular complexity index is 800. The summed E-state index contributed by atoms with van der Waals surface area (Å²) in [6, 6.07) is 9.58. The number of aromatic nitrogens is 1. The highest BCUT2D eigenvalue weighted by molar-refractivity contribution is 9.10. The average molecular weight is 389 g/mol. The van der Waals surface area contributed by atoms with E-state index in [2.05, 4.69) is 37.5 Å². The van der Waals surface area contributed by atoms with Gasteiger partial charge in [-0.15, -0.1) is 0 Å². The number of nitrogens with one attached hydrogen (secondary N) is 1. The van der Waals surface area contributed by atoms with Gasteiger partial charge in [-0.05, 0) is 31.2 Å². The molecule has 1 N–H and O–H groups in total. The summed E-state index contributed by atoms with van der Waals surface area (Å²) in [6.45, 7) is 2.19. The van der Waals surface area contributed by atoms with Crippen molar-refractivity contribution in [1.82, 2.24) is 4.98 Å². The van der Waals surface area contributed by atoms with Crippen molar-refractivity contribution in [1.29, 1.82) is 5.26 Å². The molecule has 0 aliphatic heterocycles. The summed E-state index contributed by atoms with van der Waals surface area (Å²) in [5.74, 6) is 1.09. The first-order valence-electron chi connectivity index (χ1n) is 7.11. The molecule has 2 rings (SSSR count). The summed E-state index contributed by atoms with van der Waals surface area (Å²) in [5.41, 5.74) is 5.59. The molecule has 2 aromatic rings. The molecule has 0 spiro atoms. The summed E-state index contributed by atoms with van der Waals surface area (Å²) in [6.07, 6.45) is 1.62. The average Bonchev–Trinajstić information content (AvgIpc) is 2.55. The number of hydrogen-bond donors (Lipinski definition) is 1. The third-order valence-electron chi connectivity index (χ3n) is 3.21. The molecule has 124 valence electrons. The number of rotatable bonds is 6. The maximum absolute atomic E-state index is 9.39. The number of hydrazone groups is 1. The van der Waals surface area contributed by atoms with Crippen molar-refractivity contribution >= 4 is 28.0 Å². The van der Waals surface area contributed by atoms with Gasteiger partial charge in [0.05, 0.1) is 19.9 Å². The van der Waals surface area contributed by atoms with Gasteiger partial charge in [0.2, 0.25) is 0 Å². The molecule has 1 aromatic carbocycles. The quantitative estimate of drug-likeness (QED) is 0.603. The van der Waals surface area contributed by atoms with Crippen LogP contribution in [0.2, 0.25) is 0 Å². The van der Waals surface area contributed by atoms with Gasteiger partial charge in [-0.1, -0.05) is 15.9 Å². The van der Waals surface area contributed by atoms with Gasteiger partial charge in [-0.2, -0.15) is 10.4 Å². The number of benzene rings is 1. The summed E-state index contributed by atoms with van der Waals surface area (Å²) in [7, 11) is 3.18. The Morgan fingerprint density at radius 3 is 2.83 bits per heavy atom. The number of pyridine rings is 1. The lowest BCUT2D eigenvalue weighted by Crippen LogP contribution is -2.03. The number of aryl methyl sites for hydroxylation is 1.